The molecule has 2 amide bonds. The van der Waals surface area contributed by atoms with Crippen LogP contribution in [-0.2, 0) is 0 Å². The van der Waals surface area contributed by atoms with Crippen LogP contribution in [-0.4, -0.2) is 6.03 Å². The summed E-state index contributed by atoms with van der Waals surface area (Å²) in [4.78, 5) is 10.2. The van der Waals surface area contributed by atoms with Crippen molar-refractivity contribution in [3.63, 3.8) is 0 Å². The number of carbonyl (C=O) groups is 1. The predicted octanol–water partition coefficient (Wildman–Crippen LogP) is 0.186. The summed E-state index contributed by atoms with van der Waals surface area (Å²) in [6.07, 6.45) is 0. The minimum absolute atomic E-state index is 0.640. The van der Waals surface area contributed by atoms with Gasteiger partial charge >= 0.3 is 6.03 Å². The number of nitrogens with two attached hydrogens (primary N) is 1. The number of carbonyl (C=O) groups excluding carboxylic acids is 1. The summed E-state index contributed by atoms with van der Waals surface area (Å²) in [6, 6.07) is 8.68. The van der Waals surface area contributed by atoms with Gasteiger partial charge in [0, 0.05) is 0 Å². The molecule has 0 saturated carbocycles. The Morgan fingerprint density at radius 3 is 2.50 bits per heavy atom. The highest BCUT2D eigenvalue weighted by Gasteiger charge is 1.88. The van der Waals surface area contributed by atoms with Crippen LogP contribution in [0.5, 0.6) is 0 Å². The van der Waals surface area contributed by atoms with E-state index in [1.165, 1.54) is 0 Å². The highest BCUT2D eigenvalue weighted by molar-refractivity contribution is 5.71. The van der Waals surface area contributed by atoms with Gasteiger partial charge in [0.1, 0.15) is 0 Å². The summed E-state index contributed by atoms with van der Waals surface area (Å²) < 4.78 is 0. The topological polar surface area (TPSA) is 79.2 Å². The first-order valence-electron chi connectivity index (χ1n) is 3.40. The van der Waals surface area contributed by atoms with E-state index in [9.17, 15) is 4.79 Å². The van der Waals surface area contributed by atoms with E-state index in [2.05, 4.69) is 16.4 Å². The molecule has 5 N–H and O–H groups in total. The molecule has 1 aromatic carbocycles. The van der Waals surface area contributed by atoms with Crippen molar-refractivity contribution in [3.8, 4) is 0 Å². The van der Waals surface area contributed by atoms with E-state index in [4.69, 9.17) is 5.73 Å². The van der Waals surface area contributed by atoms with E-state index in [0.717, 1.165) is 5.69 Å². The normalized spacial score (nSPS) is 9.00. The van der Waals surface area contributed by atoms with Crippen molar-refractivity contribution >= 4 is 11.7 Å². The van der Waals surface area contributed by atoms with Gasteiger partial charge in [-0.25, -0.2) is 4.79 Å². The lowest BCUT2D eigenvalue weighted by Gasteiger charge is -2.06. The summed E-state index contributed by atoms with van der Waals surface area (Å²) in [5.41, 5.74) is 13.0. The van der Waals surface area contributed by atoms with Crippen LogP contribution < -0.4 is 22.1 Å². The maximum absolute atomic E-state index is 10.2. The van der Waals surface area contributed by atoms with E-state index in [-0.39, 0.29) is 0 Å². The molecule has 0 heterocycles. The molecule has 0 aliphatic heterocycles. The van der Waals surface area contributed by atoms with Gasteiger partial charge in [0.05, 0.1) is 5.69 Å². The summed E-state index contributed by atoms with van der Waals surface area (Å²) in [6.45, 7) is 0. The molecule has 0 spiro atoms. The van der Waals surface area contributed by atoms with Gasteiger partial charge in [-0.1, -0.05) is 18.2 Å². The van der Waals surface area contributed by atoms with Crippen molar-refractivity contribution in [2.45, 2.75) is 0 Å². The summed E-state index contributed by atoms with van der Waals surface area (Å²) in [5, 5.41) is 0. The minimum Gasteiger partial charge on any atom is -0.351 e. The largest absolute Gasteiger partial charge is 0.351 e. The van der Waals surface area contributed by atoms with Crippen LogP contribution in [0.25, 0.3) is 0 Å². The molecular formula is C7H10N4O. The van der Waals surface area contributed by atoms with Crippen molar-refractivity contribution in [3.05, 3.63) is 30.3 Å². The van der Waals surface area contributed by atoms with E-state index in [1.807, 2.05) is 30.3 Å². The van der Waals surface area contributed by atoms with Crippen LogP contribution in [0, 0.1) is 0 Å². The van der Waals surface area contributed by atoms with Gasteiger partial charge in [0.25, 0.3) is 0 Å². The molecule has 0 aliphatic rings. The fraction of sp³-hybridized carbons (Fsp3) is 0. The van der Waals surface area contributed by atoms with Gasteiger partial charge in [-0.05, 0) is 12.1 Å². The van der Waals surface area contributed by atoms with Crippen molar-refractivity contribution in [1.29, 1.82) is 0 Å². The summed E-state index contributed by atoms with van der Waals surface area (Å²) >= 11 is 0. The Morgan fingerprint density at radius 1 is 1.25 bits per heavy atom. The first kappa shape index (κ1) is 8.35. The second-order valence-electron chi connectivity index (χ2n) is 2.11. The van der Waals surface area contributed by atoms with Crippen molar-refractivity contribution in [1.82, 2.24) is 11.0 Å². The third kappa shape index (κ3) is 2.89. The second kappa shape index (κ2) is 4.20. The molecular weight excluding hydrogens is 156 g/mol. The molecule has 0 radical (unpaired) electrons. The quantitative estimate of drug-likeness (QED) is 0.484. The van der Waals surface area contributed by atoms with Gasteiger partial charge in [0.2, 0.25) is 0 Å². The number of rotatable bonds is 3. The number of hydrazine groups is 2. The molecule has 0 fully saturated rings. The number of hydrogen-bond donors (Lipinski definition) is 4. The third-order valence-corrected chi connectivity index (χ3v) is 1.17. The van der Waals surface area contributed by atoms with Crippen LogP contribution in [0.1, 0.15) is 0 Å². The van der Waals surface area contributed by atoms with Crippen LogP contribution in [0.4, 0.5) is 10.5 Å². The molecule has 5 nitrogen and oxygen atoms in total. The van der Waals surface area contributed by atoms with Crippen LogP contribution >= 0.6 is 0 Å². The zero-order chi connectivity index (χ0) is 8.81. The number of para-hydroxylation sites is 1. The first-order valence-corrected chi connectivity index (χ1v) is 3.40. The number of hydrogen-bond acceptors (Lipinski definition) is 3. The highest BCUT2D eigenvalue weighted by Crippen LogP contribution is 2.01. The van der Waals surface area contributed by atoms with Crippen molar-refractivity contribution < 1.29 is 4.79 Å². The van der Waals surface area contributed by atoms with Gasteiger partial charge in [0.15, 0.2) is 0 Å². The maximum atomic E-state index is 10.2. The highest BCUT2D eigenvalue weighted by atomic mass is 16.2. The Labute approximate surface area is 69.9 Å². The molecule has 0 aliphatic carbocycles. The Hall–Kier alpha value is -1.75. The lowest BCUT2D eigenvalue weighted by atomic mass is 10.3. The predicted molar refractivity (Wildman–Crippen MR) is 45.9 cm³/mol. The maximum Gasteiger partial charge on any atom is 0.327 e. The molecule has 1 aromatic rings. The Bertz CT molecular complexity index is 249. The zero-order valence-corrected chi connectivity index (χ0v) is 6.37. The smallest absolute Gasteiger partial charge is 0.327 e. The summed E-state index contributed by atoms with van der Waals surface area (Å²) in [5.74, 6) is 0. The molecule has 0 aromatic heterocycles. The standard InChI is InChI=1S/C7H10N4O/c8-7(12)10-11-9-6-4-2-1-3-5-6/h1-5,9,11H,(H3,8,10,12). The fourth-order valence-corrected chi connectivity index (χ4v) is 0.687. The Morgan fingerprint density at radius 2 is 1.92 bits per heavy atom. The van der Waals surface area contributed by atoms with E-state index >= 15 is 0 Å². The SMILES string of the molecule is NC(=O)NNNc1ccccc1. The summed E-state index contributed by atoms with van der Waals surface area (Å²) in [7, 11) is 0. The average molecular weight is 166 g/mol. The van der Waals surface area contributed by atoms with Gasteiger partial charge < -0.3 is 11.2 Å². The Balaban J connectivity index is 2.29. The first-order chi connectivity index (χ1) is 5.79. The molecule has 64 valence electrons. The average Bonchev–Trinajstić information content (AvgIpc) is 2.05. The molecule has 0 bridgehead atoms. The van der Waals surface area contributed by atoms with Gasteiger partial charge in [-0.15, -0.1) is 5.53 Å². The van der Waals surface area contributed by atoms with Crippen molar-refractivity contribution in [2.24, 2.45) is 5.73 Å². The zero-order valence-electron chi connectivity index (χ0n) is 6.37. The molecule has 0 atom stereocenters. The van der Waals surface area contributed by atoms with E-state index in [0.29, 0.717) is 0 Å². The number of primary amides is 1. The van der Waals surface area contributed by atoms with Gasteiger partial charge in [-0.2, -0.15) is 0 Å². The Kier molecular flexibility index (Phi) is 2.92. The number of nitrogens with one attached hydrogen (secondary N) is 3. The molecule has 12 heavy (non-hydrogen) atoms. The lowest BCUT2D eigenvalue weighted by molar-refractivity contribution is 0.246. The minimum atomic E-state index is -0.640. The van der Waals surface area contributed by atoms with E-state index in [1.54, 1.807) is 0 Å². The van der Waals surface area contributed by atoms with Crippen LogP contribution in [0.2, 0.25) is 0 Å². The lowest BCUT2D eigenvalue weighted by Crippen LogP contribution is -2.44. The van der Waals surface area contributed by atoms with E-state index < -0.39 is 6.03 Å². The van der Waals surface area contributed by atoms with Crippen LogP contribution in [0.3, 0.4) is 0 Å². The van der Waals surface area contributed by atoms with Crippen LogP contribution in [0.15, 0.2) is 30.3 Å². The molecule has 5 heteroatoms. The molecule has 0 unspecified atom stereocenters. The van der Waals surface area contributed by atoms with Crippen molar-refractivity contribution in [2.75, 3.05) is 5.43 Å². The number of benzene rings is 1. The van der Waals surface area contributed by atoms with Gasteiger partial charge in [-0.3, -0.25) is 5.43 Å². The molecule has 0 saturated heterocycles. The third-order valence-electron chi connectivity index (χ3n) is 1.17. The fourth-order valence-electron chi connectivity index (χ4n) is 0.687. The number of amides is 2. The molecule has 1 rings (SSSR count). The monoisotopic (exact) mass is 166 g/mol. The number of urea groups is 1. The second-order valence-corrected chi connectivity index (χ2v) is 2.11. The number of anilines is 1.